The number of aromatic nitrogens is 2. The molecule has 2 fully saturated rings. The zero-order chi connectivity index (χ0) is 29.0. The average Bonchev–Trinajstić information content (AvgIpc) is 2.93. The van der Waals surface area contributed by atoms with Crippen LogP contribution in [0.15, 0.2) is 41.3 Å². The summed E-state index contributed by atoms with van der Waals surface area (Å²) in [6.07, 6.45) is 3.83. The van der Waals surface area contributed by atoms with Gasteiger partial charge in [0.15, 0.2) is 0 Å². The van der Waals surface area contributed by atoms with Crippen LogP contribution in [0.25, 0.3) is 5.69 Å². The Kier molecular flexibility index (Phi) is 9.24. The van der Waals surface area contributed by atoms with E-state index in [1.54, 1.807) is 22.1 Å². The molecule has 1 aromatic heterocycles. The van der Waals surface area contributed by atoms with Crippen molar-refractivity contribution in [3.63, 3.8) is 0 Å². The number of benzene rings is 1. The Morgan fingerprint density at radius 2 is 1.82 bits per heavy atom. The van der Waals surface area contributed by atoms with Gasteiger partial charge >= 0.3 is 11.7 Å². The van der Waals surface area contributed by atoms with Crippen LogP contribution in [-0.4, -0.2) is 98.2 Å². The number of aliphatic hydroxyl groups is 1. The van der Waals surface area contributed by atoms with E-state index in [-0.39, 0.29) is 36.9 Å². The highest BCUT2D eigenvalue weighted by atomic mass is 16.3. The molecule has 2 saturated heterocycles. The van der Waals surface area contributed by atoms with E-state index in [1.807, 2.05) is 31.2 Å². The molecular formula is C28H42N8O4. The predicted molar refractivity (Wildman–Crippen MR) is 153 cm³/mol. The maximum Gasteiger partial charge on any atom is 0.354 e. The molecule has 40 heavy (non-hydrogen) atoms. The fraction of sp³-hybridized carbons (Fsp3) is 0.571. The van der Waals surface area contributed by atoms with Gasteiger partial charge in [0.25, 0.3) is 0 Å². The number of carbonyl (C=O) groups is 2. The second-order valence-electron chi connectivity index (χ2n) is 11.4. The first-order valence-corrected chi connectivity index (χ1v) is 13.9. The summed E-state index contributed by atoms with van der Waals surface area (Å²) in [6, 6.07) is 8.97. The fourth-order valence-corrected chi connectivity index (χ4v) is 5.38. The lowest BCUT2D eigenvalue weighted by Gasteiger charge is -2.41. The highest BCUT2D eigenvalue weighted by molar-refractivity contribution is 5.89. The van der Waals surface area contributed by atoms with Crippen LogP contribution in [0.3, 0.4) is 0 Å². The van der Waals surface area contributed by atoms with Crippen molar-refractivity contribution >= 4 is 17.8 Å². The summed E-state index contributed by atoms with van der Waals surface area (Å²) in [6.45, 7) is 8.72. The number of rotatable bonds is 7. The number of hydrogen-bond acceptors (Lipinski definition) is 8. The number of piperidine rings is 1. The van der Waals surface area contributed by atoms with E-state index in [9.17, 15) is 19.5 Å². The van der Waals surface area contributed by atoms with Crippen LogP contribution < -0.4 is 22.5 Å². The van der Waals surface area contributed by atoms with Crippen LogP contribution in [0.1, 0.15) is 39.2 Å². The normalized spacial score (nSPS) is 21.1. The number of aliphatic hydroxyl groups excluding tert-OH is 1. The maximum atomic E-state index is 12.9. The van der Waals surface area contributed by atoms with Crippen LogP contribution in [0.5, 0.6) is 0 Å². The van der Waals surface area contributed by atoms with Gasteiger partial charge in [-0.05, 0) is 76.4 Å². The molecule has 3 heterocycles. The van der Waals surface area contributed by atoms with E-state index >= 15 is 0 Å². The highest BCUT2D eigenvalue weighted by Gasteiger charge is 2.37. The minimum atomic E-state index is -1.36. The van der Waals surface area contributed by atoms with Gasteiger partial charge in [-0.3, -0.25) is 19.6 Å². The van der Waals surface area contributed by atoms with Gasteiger partial charge in [-0.2, -0.15) is 4.98 Å². The lowest BCUT2D eigenvalue weighted by atomic mass is 9.91. The summed E-state index contributed by atoms with van der Waals surface area (Å²) in [5.74, 6) is 0.385. The number of nitrogens with two attached hydrogens (primary N) is 2. The Bertz CT molecular complexity index is 1240. The molecule has 1 unspecified atom stereocenters. The number of nitrogens with zero attached hydrogens (tertiary/aromatic N) is 5. The quantitative estimate of drug-likeness (QED) is 0.386. The second kappa shape index (κ2) is 12.5. The van der Waals surface area contributed by atoms with Gasteiger partial charge in [-0.15, -0.1) is 0 Å². The van der Waals surface area contributed by atoms with E-state index in [0.29, 0.717) is 18.2 Å². The third kappa shape index (κ3) is 6.87. The number of amides is 3. The number of carbonyl (C=O) groups excluding carboxylic acids is 2. The summed E-state index contributed by atoms with van der Waals surface area (Å²) in [5.41, 5.74) is 11.9. The molecular weight excluding hydrogens is 512 g/mol. The molecule has 0 radical (unpaired) electrons. The van der Waals surface area contributed by atoms with Gasteiger partial charge in [-0.1, -0.05) is 12.1 Å². The monoisotopic (exact) mass is 554 g/mol. The number of piperazine rings is 1. The summed E-state index contributed by atoms with van der Waals surface area (Å²) >= 11 is 0. The standard InChI is InChI=1S/C28H42N8O4/c1-19-16-34(25(38)28(3,30)18-37)14-15-35(19)26(39)31-24-10-13-36(27(40)32-24)23-6-4-21(5-7-23)17-33-11-8-22(9-12-33)20(2)29/h4-7,10,13,19-20,22,37H,8-9,11-12,14-18,29-30H2,1-3H3,(H,31,32,39,40)/t19-,20+,28?/m1/s1. The number of hydrogen-bond donors (Lipinski definition) is 4. The topological polar surface area (TPSA) is 163 Å². The lowest BCUT2D eigenvalue weighted by Crippen LogP contribution is -2.62. The number of likely N-dealkylation sites (tertiary alicyclic amines) is 1. The van der Waals surface area contributed by atoms with Gasteiger partial charge in [0.2, 0.25) is 5.91 Å². The molecule has 2 aliphatic rings. The molecule has 0 saturated carbocycles. The second-order valence-corrected chi connectivity index (χ2v) is 11.4. The highest BCUT2D eigenvalue weighted by Crippen LogP contribution is 2.21. The number of urea groups is 1. The molecule has 12 heteroatoms. The van der Waals surface area contributed by atoms with Crippen molar-refractivity contribution in [1.29, 1.82) is 0 Å². The van der Waals surface area contributed by atoms with E-state index in [4.69, 9.17) is 11.5 Å². The third-order valence-corrected chi connectivity index (χ3v) is 8.03. The molecule has 1 aromatic carbocycles. The zero-order valence-corrected chi connectivity index (χ0v) is 23.6. The number of anilines is 1. The van der Waals surface area contributed by atoms with Crippen LogP contribution in [0, 0.1) is 5.92 Å². The van der Waals surface area contributed by atoms with Crippen LogP contribution in [0.2, 0.25) is 0 Å². The van der Waals surface area contributed by atoms with Gasteiger partial charge in [0.1, 0.15) is 11.4 Å². The molecule has 0 bridgehead atoms. The Hall–Kier alpha value is -3.32. The summed E-state index contributed by atoms with van der Waals surface area (Å²) in [5, 5.41) is 12.1. The lowest BCUT2D eigenvalue weighted by molar-refractivity contribution is -0.140. The molecule has 218 valence electrons. The summed E-state index contributed by atoms with van der Waals surface area (Å²) in [4.78, 5) is 47.9. The van der Waals surface area contributed by atoms with Gasteiger partial charge in [-0.25, -0.2) is 9.59 Å². The van der Waals surface area contributed by atoms with Crippen LogP contribution in [-0.2, 0) is 11.3 Å². The van der Waals surface area contributed by atoms with Crippen LogP contribution in [0.4, 0.5) is 10.6 Å². The Morgan fingerprint density at radius 1 is 1.15 bits per heavy atom. The first-order valence-electron chi connectivity index (χ1n) is 13.9. The smallest absolute Gasteiger partial charge is 0.354 e. The third-order valence-electron chi connectivity index (χ3n) is 8.03. The molecule has 3 atom stereocenters. The number of nitrogens with one attached hydrogen (secondary N) is 1. The minimum Gasteiger partial charge on any atom is -0.394 e. The van der Waals surface area contributed by atoms with Crippen molar-refractivity contribution in [2.45, 2.75) is 57.8 Å². The summed E-state index contributed by atoms with van der Waals surface area (Å²) in [7, 11) is 0. The molecule has 6 N–H and O–H groups in total. The molecule has 3 amide bonds. The maximum absolute atomic E-state index is 12.9. The molecule has 0 aliphatic carbocycles. The van der Waals surface area contributed by atoms with Crippen molar-refractivity contribution in [2.75, 3.05) is 44.6 Å². The molecule has 12 nitrogen and oxygen atoms in total. The fourth-order valence-electron chi connectivity index (χ4n) is 5.38. The Labute approximate surface area is 234 Å². The largest absolute Gasteiger partial charge is 0.394 e. The molecule has 2 aromatic rings. The first kappa shape index (κ1) is 29.7. The van der Waals surface area contributed by atoms with Gasteiger partial charge in [0.05, 0.1) is 12.3 Å². The van der Waals surface area contributed by atoms with Crippen molar-refractivity contribution in [2.24, 2.45) is 17.4 Å². The molecule has 2 aliphatic heterocycles. The summed E-state index contributed by atoms with van der Waals surface area (Å²) < 4.78 is 1.44. The molecule has 4 rings (SSSR count). The van der Waals surface area contributed by atoms with E-state index in [2.05, 4.69) is 22.1 Å². The van der Waals surface area contributed by atoms with Crippen molar-refractivity contribution in [3.05, 3.63) is 52.6 Å². The van der Waals surface area contributed by atoms with Gasteiger partial charge in [0, 0.05) is 44.5 Å². The van der Waals surface area contributed by atoms with Gasteiger partial charge < -0.3 is 26.4 Å². The first-order chi connectivity index (χ1) is 19.0. The van der Waals surface area contributed by atoms with E-state index in [0.717, 1.165) is 32.5 Å². The SMILES string of the molecule is C[C@H](N)C1CCN(Cc2ccc(-n3ccc(NC(=O)N4CCN(C(=O)C(C)(N)CO)C[C@H]4C)nc3=O)cc2)CC1. The predicted octanol–water partition coefficient (Wildman–Crippen LogP) is 0.566. The molecule has 0 spiro atoms. The average molecular weight is 555 g/mol. The Balaban J connectivity index is 1.33. The van der Waals surface area contributed by atoms with Crippen LogP contribution >= 0.6 is 0 Å². The van der Waals surface area contributed by atoms with Crippen molar-refractivity contribution in [3.8, 4) is 5.69 Å². The van der Waals surface area contributed by atoms with E-state index in [1.165, 1.54) is 17.1 Å². The van der Waals surface area contributed by atoms with Crippen molar-refractivity contribution in [1.82, 2.24) is 24.3 Å². The van der Waals surface area contributed by atoms with E-state index < -0.39 is 23.9 Å². The van der Waals surface area contributed by atoms with Crippen molar-refractivity contribution < 1.29 is 14.7 Å². The minimum absolute atomic E-state index is 0.151. The zero-order valence-electron chi connectivity index (χ0n) is 23.6. The Morgan fingerprint density at radius 3 is 2.40 bits per heavy atom.